The van der Waals surface area contributed by atoms with Crippen LogP contribution in [-0.4, -0.2) is 13.1 Å². The first-order valence-corrected chi connectivity index (χ1v) is 8.13. The highest BCUT2D eigenvalue weighted by atomic mass is 14.9. The molecule has 2 unspecified atom stereocenters. The Morgan fingerprint density at radius 1 is 1.21 bits per heavy atom. The fourth-order valence-corrected chi connectivity index (χ4v) is 3.85. The van der Waals surface area contributed by atoms with Gasteiger partial charge in [-0.15, -0.1) is 0 Å². The van der Waals surface area contributed by atoms with Crippen molar-refractivity contribution in [1.29, 1.82) is 0 Å². The Hall–Kier alpha value is -0.820. The number of hydrogen-bond acceptors (Lipinski definition) is 1. The Labute approximate surface area is 117 Å². The van der Waals surface area contributed by atoms with Gasteiger partial charge in [-0.2, -0.15) is 0 Å². The lowest BCUT2D eigenvalue weighted by Crippen LogP contribution is -2.27. The maximum absolute atomic E-state index is 3.52. The highest BCUT2D eigenvalue weighted by Crippen LogP contribution is 2.37. The molecule has 2 aliphatic carbocycles. The molecule has 0 spiro atoms. The normalized spacial score (nSPS) is 23.9. The molecule has 1 nitrogen and oxygen atoms in total. The highest BCUT2D eigenvalue weighted by molar-refractivity contribution is 5.32. The van der Waals surface area contributed by atoms with Crippen LogP contribution in [0.5, 0.6) is 0 Å². The summed E-state index contributed by atoms with van der Waals surface area (Å²) in [6.45, 7) is 0. The molecule has 2 aliphatic rings. The third-order valence-electron chi connectivity index (χ3n) is 5.12. The van der Waals surface area contributed by atoms with Crippen molar-refractivity contribution in [2.75, 3.05) is 7.05 Å². The summed E-state index contributed by atoms with van der Waals surface area (Å²) in [5.74, 6) is 1.82. The largest absolute Gasteiger partial charge is 0.317 e. The van der Waals surface area contributed by atoms with Crippen LogP contribution in [0.25, 0.3) is 0 Å². The van der Waals surface area contributed by atoms with Gasteiger partial charge in [0.15, 0.2) is 0 Å². The second kappa shape index (κ2) is 6.09. The molecule has 0 amide bonds. The lowest BCUT2D eigenvalue weighted by Gasteiger charge is -2.26. The van der Waals surface area contributed by atoms with Crippen LogP contribution in [0.4, 0.5) is 0 Å². The molecule has 1 aromatic rings. The molecule has 3 rings (SSSR count). The summed E-state index contributed by atoms with van der Waals surface area (Å²) < 4.78 is 0. The molecule has 19 heavy (non-hydrogen) atoms. The zero-order valence-electron chi connectivity index (χ0n) is 12.2. The summed E-state index contributed by atoms with van der Waals surface area (Å²) in [4.78, 5) is 0. The van der Waals surface area contributed by atoms with Crippen molar-refractivity contribution in [3.8, 4) is 0 Å². The zero-order valence-corrected chi connectivity index (χ0v) is 12.2. The summed E-state index contributed by atoms with van der Waals surface area (Å²) in [7, 11) is 2.14. The fourth-order valence-electron chi connectivity index (χ4n) is 3.85. The summed E-state index contributed by atoms with van der Waals surface area (Å²) in [6.07, 6.45) is 11.2. The van der Waals surface area contributed by atoms with E-state index in [9.17, 15) is 0 Å². The van der Waals surface area contributed by atoms with Crippen LogP contribution in [0, 0.1) is 5.92 Å². The topological polar surface area (TPSA) is 12.0 Å². The molecule has 1 heteroatoms. The van der Waals surface area contributed by atoms with Gasteiger partial charge in [0.25, 0.3) is 0 Å². The first-order chi connectivity index (χ1) is 9.38. The Balaban J connectivity index is 1.53. The summed E-state index contributed by atoms with van der Waals surface area (Å²) in [5.41, 5.74) is 3.27. The smallest absolute Gasteiger partial charge is 0.00923 e. The number of benzene rings is 1. The van der Waals surface area contributed by atoms with Crippen LogP contribution in [0.1, 0.15) is 62.0 Å². The first-order valence-electron chi connectivity index (χ1n) is 8.13. The Morgan fingerprint density at radius 2 is 2.05 bits per heavy atom. The van der Waals surface area contributed by atoms with Gasteiger partial charge in [-0.05, 0) is 75.0 Å². The average Bonchev–Trinajstić information content (AvgIpc) is 3.28. The van der Waals surface area contributed by atoms with Crippen LogP contribution >= 0.6 is 0 Å². The number of hydrogen-bond donors (Lipinski definition) is 1. The molecular formula is C18H27N. The minimum atomic E-state index is 0.791. The summed E-state index contributed by atoms with van der Waals surface area (Å²) >= 11 is 0. The van der Waals surface area contributed by atoms with Crippen LogP contribution in [0.2, 0.25) is 0 Å². The molecule has 0 heterocycles. The first kappa shape index (κ1) is 13.2. The molecule has 0 aliphatic heterocycles. The van der Waals surface area contributed by atoms with Crippen molar-refractivity contribution in [2.45, 2.75) is 63.3 Å². The van der Waals surface area contributed by atoms with Gasteiger partial charge in [0.05, 0.1) is 0 Å². The van der Waals surface area contributed by atoms with E-state index in [-0.39, 0.29) is 0 Å². The van der Waals surface area contributed by atoms with Crippen molar-refractivity contribution >= 4 is 0 Å². The van der Waals surface area contributed by atoms with Crippen LogP contribution < -0.4 is 5.32 Å². The molecule has 1 fully saturated rings. The fraction of sp³-hybridized carbons (Fsp3) is 0.667. The molecule has 1 N–H and O–H groups in total. The standard InChI is InChI=1S/C18H27N/c1-19-18(16-12-13-16)11-5-9-15-8-4-7-14-6-2-3-10-17(14)15/h2-3,6,10,15-16,18-19H,4-5,7-9,11-13H2,1H3. The third-order valence-corrected chi connectivity index (χ3v) is 5.12. The molecule has 1 saturated carbocycles. The van der Waals surface area contributed by atoms with Crippen LogP contribution in [-0.2, 0) is 6.42 Å². The van der Waals surface area contributed by atoms with Gasteiger partial charge < -0.3 is 5.32 Å². The van der Waals surface area contributed by atoms with Gasteiger partial charge >= 0.3 is 0 Å². The van der Waals surface area contributed by atoms with E-state index in [0.717, 1.165) is 17.9 Å². The SMILES string of the molecule is CNC(CCCC1CCCc2ccccc21)C1CC1. The molecule has 2 atom stereocenters. The summed E-state index contributed by atoms with van der Waals surface area (Å²) in [5, 5.41) is 3.52. The number of nitrogens with one attached hydrogen (secondary N) is 1. The molecular weight excluding hydrogens is 230 g/mol. The minimum Gasteiger partial charge on any atom is -0.317 e. The zero-order chi connectivity index (χ0) is 13.1. The van der Waals surface area contributed by atoms with Gasteiger partial charge in [-0.25, -0.2) is 0 Å². The highest BCUT2D eigenvalue weighted by Gasteiger charge is 2.29. The van der Waals surface area contributed by atoms with Crippen LogP contribution in [0.15, 0.2) is 24.3 Å². The predicted octanol–water partition coefficient (Wildman–Crippen LogP) is 4.27. The van der Waals surface area contributed by atoms with Gasteiger partial charge in [-0.3, -0.25) is 0 Å². The molecule has 0 radical (unpaired) electrons. The van der Waals surface area contributed by atoms with Crippen molar-refractivity contribution in [3.05, 3.63) is 35.4 Å². The van der Waals surface area contributed by atoms with Gasteiger partial charge in [-0.1, -0.05) is 30.7 Å². The lowest BCUT2D eigenvalue weighted by atomic mass is 9.80. The Bertz CT molecular complexity index is 408. The lowest BCUT2D eigenvalue weighted by molar-refractivity contribution is 0.421. The quantitative estimate of drug-likeness (QED) is 0.802. The van der Waals surface area contributed by atoms with E-state index in [1.807, 2.05) is 0 Å². The monoisotopic (exact) mass is 257 g/mol. The van der Waals surface area contributed by atoms with E-state index in [1.165, 1.54) is 51.4 Å². The van der Waals surface area contributed by atoms with Crippen molar-refractivity contribution in [1.82, 2.24) is 5.32 Å². The maximum Gasteiger partial charge on any atom is 0.00923 e. The number of fused-ring (bicyclic) bond motifs is 1. The third kappa shape index (κ3) is 3.20. The van der Waals surface area contributed by atoms with Gasteiger partial charge in [0.2, 0.25) is 0 Å². The molecule has 0 saturated heterocycles. The average molecular weight is 257 g/mol. The second-order valence-electron chi connectivity index (χ2n) is 6.45. The van der Waals surface area contributed by atoms with E-state index < -0.39 is 0 Å². The minimum absolute atomic E-state index is 0.791. The van der Waals surface area contributed by atoms with Crippen LogP contribution in [0.3, 0.4) is 0 Å². The van der Waals surface area contributed by atoms with E-state index >= 15 is 0 Å². The van der Waals surface area contributed by atoms with Gasteiger partial charge in [0.1, 0.15) is 0 Å². The van der Waals surface area contributed by atoms with E-state index in [1.54, 1.807) is 11.1 Å². The molecule has 104 valence electrons. The Kier molecular flexibility index (Phi) is 4.22. The second-order valence-corrected chi connectivity index (χ2v) is 6.45. The van der Waals surface area contributed by atoms with Gasteiger partial charge in [0, 0.05) is 6.04 Å². The number of rotatable bonds is 6. The maximum atomic E-state index is 3.52. The Morgan fingerprint density at radius 3 is 2.84 bits per heavy atom. The molecule has 0 bridgehead atoms. The van der Waals surface area contributed by atoms with E-state index in [2.05, 4.69) is 36.6 Å². The van der Waals surface area contributed by atoms with E-state index in [4.69, 9.17) is 0 Å². The summed E-state index contributed by atoms with van der Waals surface area (Å²) in [6, 6.07) is 9.92. The van der Waals surface area contributed by atoms with E-state index in [0.29, 0.717) is 0 Å². The van der Waals surface area contributed by atoms with Crippen molar-refractivity contribution in [2.24, 2.45) is 5.92 Å². The molecule has 0 aromatic heterocycles. The van der Waals surface area contributed by atoms with Crippen molar-refractivity contribution < 1.29 is 0 Å². The molecule has 1 aromatic carbocycles. The van der Waals surface area contributed by atoms with Crippen molar-refractivity contribution in [3.63, 3.8) is 0 Å². The predicted molar refractivity (Wildman–Crippen MR) is 81.5 cm³/mol. The number of aryl methyl sites for hydroxylation is 1.